The van der Waals surface area contributed by atoms with E-state index in [1.807, 2.05) is 6.07 Å². The van der Waals surface area contributed by atoms with E-state index in [9.17, 15) is 18.7 Å². The van der Waals surface area contributed by atoms with Crippen LogP contribution in [0.1, 0.15) is 23.5 Å². The Morgan fingerprint density at radius 2 is 1.87 bits per heavy atom. The molecule has 1 fully saturated rings. The van der Waals surface area contributed by atoms with Gasteiger partial charge in [-0.2, -0.15) is 0 Å². The van der Waals surface area contributed by atoms with Crippen LogP contribution in [0.4, 0.5) is 8.78 Å². The molecule has 2 aromatic rings. The van der Waals surface area contributed by atoms with Gasteiger partial charge in [-0.3, -0.25) is 4.79 Å². The van der Waals surface area contributed by atoms with E-state index in [1.54, 1.807) is 25.2 Å². The number of phenolic OH excluding ortho intramolecular Hbond substituents is 1. The largest absolute Gasteiger partial charge is 0.508 e. The van der Waals surface area contributed by atoms with Crippen molar-refractivity contribution < 1.29 is 18.7 Å². The Balaban J connectivity index is 1.68. The van der Waals surface area contributed by atoms with Crippen LogP contribution in [0.5, 0.6) is 5.75 Å². The molecule has 0 unspecified atom stereocenters. The smallest absolute Gasteiger partial charge is 0.226 e. The van der Waals surface area contributed by atoms with Crippen molar-refractivity contribution in [3.8, 4) is 5.75 Å². The Morgan fingerprint density at radius 3 is 2.52 bits per heavy atom. The standard InChI is InChI=1S/C18H17F2NO2/c1-21(10-11-4-2-5-12(22)8-11)18(23)14-9-13(14)17-15(19)6-3-7-16(17)20/h2-8,13-14,22H,9-10H2,1H3/t13-,14-/m0/s1. The number of benzene rings is 2. The molecule has 3 rings (SSSR count). The number of hydrogen-bond acceptors (Lipinski definition) is 2. The van der Waals surface area contributed by atoms with Gasteiger partial charge in [0, 0.05) is 31.0 Å². The summed E-state index contributed by atoms with van der Waals surface area (Å²) >= 11 is 0. The average Bonchev–Trinajstić information content (AvgIpc) is 3.26. The van der Waals surface area contributed by atoms with E-state index in [-0.39, 0.29) is 23.1 Å². The summed E-state index contributed by atoms with van der Waals surface area (Å²) in [7, 11) is 1.65. The number of halogens is 2. The van der Waals surface area contributed by atoms with E-state index in [2.05, 4.69) is 0 Å². The van der Waals surface area contributed by atoms with Crippen molar-refractivity contribution in [1.29, 1.82) is 0 Å². The Bertz CT molecular complexity index is 727. The van der Waals surface area contributed by atoms with Gasteiger partial charge in [-0.1, -0.05) is 18.2 Å². The fraction of sp³-hybridized carbons (Fsp3) is 0.278. The summed E-state index contributed by atoms with van der Waals surface area (Å²) in [5.41, 5.74) is 0.812. The van der Waals surface area contributed by atoms with Crippen molar-refractivity contribution >= 4 is 5.91 Å². The van der Waals surface area contributed by atoms with Crippen LogP contribution in [0.2, 0.25) is 0 Å². The molecule has 5 heteroatoms. The molecule has 120 valence electrons. The van der Waals surface area contributed by atoms with Crippen molar-refractivity contribution in [3.63, 3.8) is 0 Å². The molecule has 0 saturated heterocycles. The highest BCUT2D eigenvalue weighted by atomic mass is 19.1. The minimum atomic E-state index is -0.596. The predicted octanol–water partition coefficient (Wildman–Crippen LogP) is 3.43. The molecule has 0 bridgehead atoms. The second-order valence-corrected chi connectivity index (χ2v) is 5.95. The molecule has 0 aliphatic heterocycles. The van der Waals surface area contributed by atoms with Gasteiger partial charge < -0.3 is 10.0 Å². The highest BCUT2D eigenvalue weighted by Crippen LogP contribution is 2.50. The molecular weight excluding hydrogens is 300 g/mol. The lowest BCUT2D eigenvalue weighted by atomic mass is 10.1. The van der Waals surface area contributed by atoms with Crippen LogP contribution in [0, 0.1) is 17.6 Å². The lowest BCUT2D eigenvalue weighted by Gasteiger charge is -2.17. The first-order valence-corrected chi connectivity index (χ1v) is 7.44. The minimum absolute atomic E-state index is 0.0107. The summed E-state index contributed by atoms with van der Waals surface area (Å²) in [5.74, 6) is -1.97. The average molecular weight is 317 g/mol. The van der Waals surface area contributed by atoms with Crippen LogP contribution in [-0.4, -0.2) is 23.0 Å². The highest BCUT2D eigenvalue weighted by molar-refractivity contribution is 5.82. The van der Waals surface area contributed by atoms with Crippen LogP contribution < -0.4 is 0 Å². The maximum Gasteiger partial charge on any atom is 0.226 e. The molecule has 1 saturated carbocycles. The maximum atomic E-state index is 13.8. The van der Waals surface area contributed by atoms with Gasteiger partial charge in [0.15, 0.2) is 0 Å². The van der Waals surface area contributed by atoms with Crippen LogP contribution >= 0.6 is 0 Å². The predicted molar refractivity (Wildman–Crippen MR) is 81.8 cm³/mol. The van der Waals surface area contributed by atoms with Crippen molar-refractivity contribution in [1.82, 2.24) is 4.90 Å². The van der Waals surface area contributed by atoms with Gasteiger partial charge >= 0.3 is 0 Å². The first-order valence-electron chi connectivity index (χ1n) is 7.44. The van der Waals surface area contributed by atoms with Crippen LogP contribution in [-0.2, 0) is 11.3 Å². The molecule has 1 aliphatic rings. The summed E-state index contributed by atoms with van der Waals surface area (Å²) in [6.07, 6.45) is 0.459. The lowest BCUT2D eigenvalue weighted by molar-refractivity contribution is -0.131. The zero-order valence-corrected chi connectivity index (χ0v) is 12.7. The Labute approximate surface area is 133 Å². The van der Waals surface area contributed by atoms with Gasteiger partial charge in [0.05, 0.1) is 0 Å². The van der Waals surface area contributed by atoms with Crippen LogP contribution in [0.25, 0.3) is 0 Å². The van der Waals surface area contributed by atoms with Gasteiger partial charge in [-0.15, -0.1) is 0 Å². The summed E-state index contributed by atoms with van der Waals surface area (Å²) in [6.45, 7) is 0.343. The summed E-state index contributed by atoms with van der Waals surface area (Å²) < 4.78 is 27.6. The Morgan fingerprint density at radius 1 is 1.22 bits per heavy atom. The Kier molecular flexibility index (Phi) is 4.03. The van der Waals surface area contributed by atoms with Crippen LogP contribution in [0.3, 0.4) is 0 Å². The van der Waals surface area contributed by atoms with E-state index in [0.29, 0.717) is 13.0 Å². The topological polar surface area (TPSA) is 40.5 Å². The van der Waals surface area contributed by atoms with E-state index >= 15 is 0 Å². The fourth-order valence-electron chi connectivity index (χ4n) is 2.94. The molecule has 1 aliphatic carbocycles. The normalized spacial score (nSPS) is 19.4. The minimum Gasteiger partial charge on any atom is -0.508 e. The molecule has 2 atom stereocenters. The molecule has 23 heavy (non-hydrogen) atoms. The molecule has 1 N–H and O–H groups in total. The molecule has 0 aromatic heterocycles. The SMILES string of the molecule is CN(Cc1cccc(O)c1)C(=O)[C@H]1C[C@@H]1c1c(F)cccc1F. The summed E-state index contributed by atoms with van der Waals surface area (Å²) in [6, 6.07) is 10.4. The van der Waals surface area contributed by atoms with E-state index in [1.165, 1.54) is 23.1 Å². The second kappa shape index (κ2) is 5.99. The monoisotopic (exact) mass is 317 g/mol. The summed E-state index contributed by atoms with van der Waals surface area (Å²) in [5, 5.41) is 9.45. The molecule has 3 nitrogen and oxygen atoms in total. The summed E-state index contributed by atoms with van der Waals surface area (Å²) in [4.78, 5) is 13.9. The number of aromatic hydroxyl groups is 1. The highest BCUT2D eigenvalue weighted by Gasteiger charge is 2.47. The number of amides is 1. The van der Waals surface area contributed by atoms with Gasteiger partial charge in [0.2, 0.25) is 5.91 Å². The maximum absolute atomic E-state index is 13.8. The van der Waals surface area contributed by atoms with Gasteiger partial charge in [0.1, 0.15) is 17.4 Å². The van der Waals surface area contributed by atoms with Crippen molar-refractivity contribution in [2.24, 2.45) is 5.92 Å². The van der Waals surface area contributed by atoms with E-state index < -0.39 is 17.6 Å². The third-order valence-electron chi connectivity index (χ3n) is 4.18. The second-order valence-electron chi connectivity index (χ2n) is 5.95. The van der Waals surface area contributed by atoms with Gasteiger partial charge in [-0.05, 0) is 36.2 Å². The number of nitrogens with zero attached hydrogens (tertiary/aromatic N) is 1. The fourth-order valence-corrected chi connectivity index (χ4v) is 2.94. The number of carbonyl (C=O) groups is 1. The molecule has 0 heterocycles. The zero-order valence-electron chi connectivity index (χ0n) is 12.7. The number of hydrogen-bond donors (Lipinski definition) is 1. The molecular formula is C18H17F2NO2. The van der Waals surface area contributed by atoms with E-state index in [4.69, 9.17) is 0 Å². The van der Waals surface area contributed by atoms with Gasteiger partial charge in [-0.25, -0.2) is 8.78 Å². The zero-order chi connectivity index (χ0) is 16.6. The van der Waals surface area contributed by atoms with E-state index in [0.717, 1.165) is 5.56 Å². The number of phenols is 1. The van der Waals surface area contributed by atoms with Crippen molar-refractivity contribution in [2.45, 2.75) is 18.9 Å². The van der Waals surface area contributed by atoms with Crippen molar-refractivity contribution in [3.05, 3.63) is 65.2 Å². The Hall–Kier alpha value is -2.43. The molecule has 1 amide bonds. The first-order chi connectivity index (χ1) is 11.0. The van der Waals surface area contributed by atoms with Crippen LogP contribution in [0.15, 0.2) is 42.5 Å². The number of carbonyl (C=O) groups excluding carboxylic acids is 1. The molecule has 0 radical (unpaired) electrons. The third kappa shape index (κ3) is 3.18. The number of rotatable bonds is 4. The molecule has 2 aromatic carbocycles. The third-order valence-corrected chi connectivity index (χ3v) is 4.18. The quantitative estimate of drug-likeness (QED) is 0.938. The lowest BCUT2D eigenvalue weighted by Crippen LogP contribution is -2.28. The first kappa shape index (κ1) is 15.5. The molecule has 0 spiro atoms. The van der Waals surface area contributed by atoms with Gasteiger partial charge in [0.25, 0.3) is 0 Å². The van der Waals surface area contributed by atoms with Crippen molar-refractivity contribution in [2.75, 3.05) is 7.05 Å².